The molecular formula is C23H16FN3O3. The third-order valence-corrected chi connectivity index (χ3v) is 4.50. The van der Waals surface area contributed by atoms with E-state index in [1.165, 1.54) is 30.3 Å². The minimum atomic E-state index is -0.788. The van der Waals surface area contributed by atoms with Gasteiger partial charge in [-0.1, -0.05) is 36.4 Å². The largest absolute Gasteiger partial charge is 0.339 e. The molecule has 148 valence electrons. The Labute approximate surface area is 172 Å². The van der Waals surface area contributed by atoms with Crippen molar-refractivity contribution in [3.8, 4) is 6.07 Å². The number of hydrogen-bond donors (Lipinski definition) is 0. The summed E-state index contributed by atoms with van der Waals surface area (Å²) in [6.45, 7) is 0. The molecule has 0 saturated carbocycles. The summed E-state index contributed by atoms with van der Waals surface area (Å²) < 4.78 is 13.9. The quantitative estimate of drug-likeness (QED) is 0.184. The van der Waals surface area contributed by atoms with Gasteiger partial charge in [-0.05, 0) is 42.0 Å². The highest BCUT2D eigenvalue weighted by molar-refractivity contribution is 6.14. The van der Waals surface area contributed by atoms with Gasteiger partial charge in [0, 0.05) is 18.8 Å². The van der Waals surface area contributed by atoms with E-state index in [1.54, 1.807) is 30.1 Å². The number of nitro groups is 1. The first kappa shape index (κ1) is 20.4. The maximum absolute atomic E-state index is 13.9. The summed E-state index contributed by atoms with van der Waals surface area (Å²) in [5.41, 5.74) is 0.649. The van der Waals surface area contributed by atoms with Crippen LogP contribution in [0, 0.1) is 27.3 Å². The molecule has 0 aliphatic heterocycles. The van der Waals surface area contributed by atoms with Gasteiger partial charge in [0.05, 0.1) is 10.5 Å². The van der Waals surface area contributed by atoms with Crippen molar-refractivity contribution in [1.82, 2.24) is 0 Å². The van der Waals surface area contributed by atoms with Crippen LogP contribution < -0.4 is 4.90 Å². The third-order valence-electron chi connectivity index (χ3n) is 4.50. The lowest BCUT2D eigenvalue weighted by molar-refractivity contribution is -0.384. The second kappa shape index (κ2) is 8.80. The Morgan fingerprint density at radius 1 is 1.10 bits per heavy atom. The van der Waals surface area contributed by atoms with E-state index < -0.39 is 16.5 Å². The number of rotatable bonds is 6. The maximum Gasteiger partial charge on any atom is 0.293 e. The van der Waals surface area contributed by atoms with E-state index >= 15 is 0 Å². The van der Waals surface area contributed by atoms with Crippen molar-refractivity contribution in [2.45, 2.75) is 0 Å². The number of nitriles is 1. The van der Waals surface area contributed by atoms with Gasteiger partial charge in [-0.3, -0.25) is 14.9 Å². The first-order valence-corrected chi connectivity index (χ1v) is 8.90. The van der Waals surface area contributed by atoms with Crippen LogP contribution in [0.2, 0.25) is 0 Å². The summed E-state index contributed by atoms with van der Waals surface area (Å²) in [4.78, 5) is 25.3. The number of ketones is 1. The summed E-state index contributed by atoms with van der Waals surface area (Å²) in [6, 6.07) is 20.6. The Morgan fingerprint density at radius 2 is 1.77 bits per heavy atom. The fourth-order valence-corrected chi connectivity index (χ4v) is 2.96. The van der Waals surface area contributed by atoms with E-state index in [1.807, 2.05) is 30.3 Å². The summed E-state index contributed by atoms with van der Waals surface area (Å²) in [5.74, 6) is -1.53. The number of Topliss-reactive ketones (excluding diaryl/α,β-unsaturated/α-hetero) is 1. The van der Waals surface area contributed by atoms with E-state index in [2.05, 4.69) is 0 Å². The minimum absolute atomic E-state index is 0.189. The second-order valence-corrected chi connectivity index (χ2v) is 6.38. The van der Waals surface area contributed by atoms with Crippen LogP contribution in [0.4, 0.5) is 21.5 Å². The van der Waals surface area contributed by atoms with Crippen LogP contribution in [0.3, 0.4) is 0 Å². The molecule has 0 N–H and O–H groups in total. The van der Waals surface area contributed by atoms with Crippen LogP contribution in [-0.4, -0.2) is 17.8 Å². The number of carbonyl (C=O) groups excluding carboxylic acids is 1. The van der Waals surface area contributed by atoms with Crippen LogP contribution in [0.15, 0.2) is 78.4 Å². The molecule has 0 fully saturated rings. The zero-order valence-electron chi connectivity index (χ0n) is 15.9. The average Bonchev–Trinajstić information content (AvgIpc) is 2.77. The highest BCUT2D eigenvalue weighted by Crippen LogP contribution is 2.33. The molecule has 0 aliphatic carbocycles. The molecule has 0 amide bonds. The first-order valence-electron chi connectivity index (χ1n) is 8.90. The van der Waals surface area contributed by atoms with Crippen LogP contribution in [0.25, 0.3) is 6.08 Å². The van der Waals surface area contributed by atoms with Gasteiger partial charge in [0.25, 0.3) is 5.69 Å². The minimum Gasteiger partial charge on any atom is -0.339 e. The summed E-state index contributed by atoms with van der Waals surface area (Å²) in [7, 11) is 1.70. The molecule has 3 rings (SSSR count). The molecule has 6 nitrogen and oxygen atoms in total. The van der Waals surface area contributed by atoms with Crippen molar-refractivity contribution in [3.63, 3.8) is 0 Å². The predicted octanol–water partition coefficient (Wildman–Crippen LogP) is 5.29. The highest BCUT2D eigenvalue weighted by Gasteiger charge is 2.20. The zero-order chi connectivity index (χ0) is 21.7. The lowest BCUT2D eigenvalue weighted by Crippen LogP contribution is -2.11. The van der Waals surface area contributed by atoms with Crippen LogP contribution in [0.5, 0.6) is 0 Å². The highest BCUT2D eigenvalue weighted by atomic mass is 19.1. The topological polar surface area (TPSA) is 87.2 Å². The molecule has 3 aromatic rings. The van der Waals surface area contributed by atoms with Crippen molar-refractivity contribution in [2.24, 2.45) is 0 Å². The summed E-state index contributed by atoms with van der Waals surface area (Å²) in [6.07, 6.45) is 1.22. The molecule has 7 heteroatoms. The second-order valence-electron chi connectivity index (χ2n) is 6.38. The lowest BCUT2D eigenvalue weighted by Gasteiger charge is -2.19. The van der Waals surface area contributed by atoms with Gasteiger partial charge >= 0.3 is 0 Å². The Kier molecular flexibility index (Phi) is 5.99. The molecule has 0 radical (unpaired) electrons. The molecule has 0 unspecified atom stereocenters. The van der Waals surface area contributed by atoms with Gasteiger partial charge in [-0.15, -0.1) is 0 Å². The van der Waals surface area contributed by atoms with Gasteiger partial charge < -0.3 is 4.90 Å². The number of allylic oxidation sites excluding steroid dienone is 1. The lowest BCUT2D eigenvalue weighted by atomic mass is 10.0. The average molecular weight is 401 g/mol. The molecule has 3 aromatic carbocycles. The van der Waals surface area contributed by atoms with Crippen molar-refractivity contribution in [1.29, 1.82) is 5.26 Å². The SMILES string of the molecule is CN(c1ccccc1)c1ccc(/C=C(\C#N)C(=O)c2ccccc2F)cc1[N+](=O)[O-]. The van der Waals surface area contributed by atoms with Crippen molar-refractivity contribution < 1.29 is 14.1 Å². The molecule has 0 saturated heterocycles. The van der Waals surface area contributed by atoms with E-state index in [4.69, 9.17) is 0 Å². The van der Waals surface area contributed by atoms with E-state index in [0.29, 0.717) is 5.69 Å². The number of halogens is 1. The number of carbonyl (C=O) groups is 1. The number of para-hydroxylation sites is 1. The molecule has 0 heterocycles. The van der Waals surface area contributed by atoms with Crippen LogP contribution >= 0.6 is 0 Å². The number of anilines is 2. The van der Waals surface area contributed by atoms with Gasteiger partial charge in [-0.25, -0.2) is 4.39 Å². The van der Waals surface area contributed by atoms with Gasteiger partial charge in [0.1, 0.15) is 23.1 Å². The van der Waals surface area contributed by atoms with Crippen molar-refractivity contribution in [2.75, 3.05) is 11.9 Å². The summed E-state index contributed by atoms with van der Waals surface area (Å²) in [5, 5.41) is 21.0. The normalized spacial score (nSPS) is 10.9. The maximum atomic E-state index is 13.9. The number of benzene rings is 3. The van der Waals surface area contributed by atoms with Gasteiger partial charge in [0.15, 0.2) is 0 Å². The molecule has 0 spiro atoms. The fourth-order valence-electron chi connectivity index (χ4n) is 2.96. The van der Waals surface area contributed by atoms with E-state index in [-0.39, 0.29) is 22.4 Å². The molecule has 0 atom stereocenters. The zero-order valence-corrected chi connectivity index (χ0v) is 15.9. The predicted molar refractivity (Wildman–Crippen MR) is 112 cm³/mol. The summed E-state index contributed by atoms with van der Waals surface area (Å²) >= 11 is 0. The van der Waals surface area contributed by atoms with E-state index in [9.17, 15) is 24.6 Å². The molecular weight excluding hydrogens is 385 g/mol. The fraction of sp³-hybridized carbons (Fsp3) is 0.0435. The molecule has 0 aromatic heterocycles. The Morgan fingerprint density at radius 3 is 2.40 bits per heavy atom. The van der Waals surface area contributed by atoms with Crippen LogP contribution in [0.1, 0.15) is 15.9 Å². The number of hydrogen-bond acceptors (Lipinski definition) is 5. The van der Waals surface area contributed by atoms with Crippen molar-refractivity contribution >= 4 is 28.9 Å². The van der Waals surface area contributed by atoms with Crippen LogP contribution in [-0.2, 0) is 0 Å². The Hall–Kier alpha value is -4.31. The smallest absolute Gasteiger partial charge is 0.293 e. The molecule has 0 aliphatic rings. The molecule has 0 bridgehead atoms. The monoisotopic (exact) mass is 401 g/mol. The number of nitrogens with zero attached hydrogens (tertiary/aromatic N) is 3. The van der Waals surface area contributed by atoms with Crippen molar-refractivity contribution in [3.05, 3.63) is 105 Å². The Balaban J connectivity index is 2.01. The number of nitro benzene ring substituents is 1. The van der Waals surface area contributed by atoms with Gasteiger partial charge in [-0.2, -0.15) is 5.26 Å². The first-order chi connectivity index (χ1) is 14.4. The third kappa shape index (κ3) is 4.23. The molecule has 30 heavy (non-hydrogen) atoms. The van der Waals surface area contributed by atoms with Gasteiger partial charge in [0.2, 0.25) is 5.78 Å². The van der Waals surface area contributed by atoms with E-state index in [0.717, 1.165) is 11.8 Å². The standard InChI is InChI=1S/C23H16FN3O3/c1-26(18-7-3-2-4-8-18)21-12-11-16(14-22(21)27(29)30)13-17(15-25)23(28)19-9-5-6-10-20(19)24/h2-14H,1H3/b17-13+. The Bertz CT molecular complexity index is 1180.